The van der Waals surface area contributed by atoms with Gasteiger partial charge in [0.1, 0.15) is 0 Å². The molecule has 1 aliphatic heterocycles. The van der Waals surface area contributed by atoms with E-state index < -0.39 is 5.97 Å². The minimum Gasteiger partial charge on any atom is -0.478 e. The molecule has 0 atom stereocenters. The van der Waals surface area contributed by atoms with E-state index in [4.69, 9.17) is 5.11 Å². The third-order valence-electron chi connectivity index (χ3n) is 2.41. The molecule has 0 fully saturated rings. The number of aryl methyl sites for hydroxylation is 1. The summed E-state index contributed by atoms with van der Waals surface area (Å²) in [5.74, 6) is 0.272. The second-order valence-electron chi connectivity index (χ2n) is 3.43. The first-order valence-electron chi connectivity index (χ1n) is 4.76. The average Bonchev–Trinajstić information content (AvgIpc) is 2.41. The SMILES string of the molecule is O=C(O)c1ccc2c(c1)SCCCC2. The van der Waals surface area contributed by atoms with Gasteiger partial charge in [0.15, 0.2) is 0 Å². The van der Waals surface area contributed by atoms with Crippen molar-refractivity contribution in [2.45, 2.75) is 24.2 Å². The summed E-state index contributed by atoms with van der Waals surface area (Å²) in [5.41, 5.74) is 1.70. The van der Waals surface area contributed by atoms with Crippen LogP contribution in [0.3, 0.4) is 0 Å². The average molecular weight is 208 g/mol. The molecular formula is C11H12O2S. The zero-order valence-electron chi connectivity index (χ0n) is 7.82. The predicted molar refractivity (Wildman–Crippen MR) is 57.1 cm³/mol. The number of hydrogen-bond donors (Lipinski definition) is 1. The maximum atomic E-state index is 10.8. The van der Waals surface area contributed by atoms with Gasteiger partial charge in [0, 0.05) is 4.90 Å². The summed E-state index contributed by atoms with van der Waals surface area (Å²) in [7, 11) is 0. The maximum absolute atomic E-state index is 10.8. The van der Waals surface area contributed by atoms with Crippen LogP contribution in [-0.2, 0) is 6.42 Å². The van der Waals surface area contributed by atoms with Gasteiger partial charge in [0.25, 0.3) is 0 Å². The number of hydrogen-bond acceptors (Lipinski definition) is 2. The van der Waals surface area contributed by atoms with Crippen LogP contribution in [0.2, 0.25) is 0 Å². The van der Waals surface area contributed by atoms with Gasteiger partial charge in [-0.25, -0.2) is 4.79 Å². The van der Waals surface area contributed by atoms with Crippen LogP contribution in [0.5, 0.6) is 0 Å². The fourth-order valence-corrected chi connectivity index (χ4v) is 2.76. The highest BCUT2D eigenvalue weighted by atomic mass is 32.2. The first-order chi connectivity index (χ1) is 6.77. The number of carboxylic acids is 1. The number of carbonyl (C=O) groups is 1. The second kappa shape index (κ2) is 4.05. The summed E-state index contributed by atoms with van der Waals surface area (Å²) in [6.45, 7) is 0. The zero-order valence-corrected chi connectivity index (χ0v) is 8.64. The zero-order chi connectivity index (χ0) is 9.97. The highest BCUT2D eigenvalue weighted by molar-refractivity contribution is 7.99. The van der Waals surface area contributed by atoms with Gasteiger partial charge in [-0.05, 0) is 42.7 Å². The summed E-state index contributed by atoms with van der Waals surface area (Å²) in [6.07, 6.45) is 3.52. The van der Waals surface area contributed by atoms with Gasteiger partial charge in [-0.1, -0.05) is 6.07 Å². The van der Waals surface area contributed by atoms with Gasteiger partial charge in [0.2, 0.25) is 0 Å². The highest BCUT2D eigenvalue weighted by Gasteiger charge is 2.11. The molecule has 14 heavy (non-hydrogen) atoms. The first kappa shape index (κ1) is 9.59. The van der Waals surface area contributed by atoms with Crippen LogP contribution in [0.15, 0.2) is 23.1 Å². The van der Waals surface area contributed by atoms with E-state index >= 15 is 0 Å². The lowest BCUT2D eigenvalue weighted by Gasteiger charge is -2.05. The molecular weight excluding hydrogens is 196 g/mol. The van der Waals surface area contributed by atoms with E-state index in [1.807, 2.05) is 6.07 Å². The molecule has 0 aliphatic carbocycles. The molecule has 2 nitrogen and oxygen atoms in total. The normalized spacial score (nSPS) is 15.7. The molecule has 1 heterocycles. The van der Waals surface area contributed by atoms with Crippen LogP contribution in [0.25, 0.3) is 0 Å². The first-order valence-corrected chi connectivity index (χ1v) is 5.75. The fraction of sp³-hybridized carbons (Fsp3) is 0.364. The summed E-state index contributed by atoms with van der Waals surface area (Å²) in [4.78, 5) is 11.9. The van der Waals surface area contributed by atoms with Gasteiger partial charge < -0.3 is 5.11 Å². The van der Waals surface area contributed by atoms with E-state index in [9.17, 15) is 4.79 Å². The number of rotatable bonds is 1. The fourth-order valence-electron chi connectivity index (χ4n) is 1.63. The molecule has 0 saturated heterocycles. The van der Waals surface area contributed by atoms with Gasteiger partial charge in [-0.2, -0.15) is 0 Å². The Labute approximate surface area is 87.3 Å². The topological polar surface area (TPSA) is 37.3 Å². The smallest absolute Gasteiger partial charge is 0.335 e. The molecule has 0 amide bonds. The Morgan fingerprint density at radius 2 is 2.21 bits per heavy atom. The minimum atomic E-state index is -0.836. The Bertz CT molecular complexity index is 360. The van der Waals surface area contributed by atoms with E-state index in [1.54, 1.807) is 23.9 Å². The molecule has 0 aromatic heterocycles. The van der Waals surface area contributed by atoms with Crippen LogP contribution >= 0.6 is 11.8 Å². The number of benzene rings is 1. The summed E-state index contributed by atoms with van der Waals surface area (Å²) in [5, 5.41) is 8.85. The quantitative estimate of drug-likeness (QED) is 0.771. The molecule has 0 unspecified atom stereocenters. The van der Waals surface area contributed by atoms with Crippen LogP contribution in [0.1, 0.15) is 28.8 Å². The standard InChI is InChI=1S/C11H12O2S/c12-11(13)9-5-4-8-3-1-2-6-14-10(8)7-9/h4-5,7H,1-3,6H2,(H,12,13). The van der Waals surface area contributed by atoms with Gasteiger partial charge >= 0.3 is 5.97 Å². The molecule has 2 rings (SSSR count). The largest absolute Gasteiger partial charge is 0.478 e. The third-order valence-corrected chi connectivity index (χ3v) is 3.60. The molecule has 0 bridgehead atoms. The third kappa shape index (κ3) is 1.93. The predicted octanol–water partition coefficient (Wildman–Crippen LogP) is 2.81. The lowest BCUT2D eigenvalue weighted by Crippen LogP contribution is -1.97. The second-order valence-corrected chi connectivity index (χ2v) is 4.57. The van der Waals surface area contributed by atoms with Crippen LogP contribution in [0, 0.1) is 0 Å². The summed E-state index contributed by atoms with van der Waals surface area (Å²) >= 11 is 1.78. The Hall–Kier alpha value is -0.960. The molecule has 0 saturated carbocycles. The molecule has 1 aromatic rings. The lowest BCUT2D eigenvalue weighted by molar-refractivity contribution is 0.0696. The van der Waals surface area contributed by atoms with Crippen molar-refractivity contribution in [3.8, 4) is 0 Å². The van der Waals surface area contributed by atoms with E-state index in [0.717, 1.165) is 17.1 Å². The Balaban J connectivity index is 2.37. The molecule has 0 radical (unpaired) electrons. The molecule has 1 N–H and O–H groups in total. The van der Waals surface area contributed by atoms with Gasteiger partial charge in [-0.15, -0.1) is 11.8 Å². The number of thioether (sulfide) groups is 1. The Morgan fingerprint density at radius 1 is 1.36 bits per heavy atom. The lowest BCUT2D eigenvalue weighted by atomic mass is 10.1. The van der Waals surface area contributed by atoms with Crippen molar-refractivity contribution in [2.75, 3.05) is 5.75 Å². The molecule has 3 heteroatoms. The molecule has 1 aromatic carbocycles. The minimum absolute atomic E-state index is 0.401. The van der Waals surface area contributed by atoms with E-state index in [-0.39, 0.29) is 0 Å². The molecule has 74 valence electrons. The van der Waals surface area contributed by atoms with Gasteiger partial charge in [-0.3, -0.25) is 0 Å². The van der Waals surface area contributed by atoms with Crippen LogP contribution in [0.4, 0.5) is 0 Å². The summed E-state index contributed by atoms with van der Waals surface area (Å²) < 4.78 is 0. The van der Waals surface area contributed by atoms with Crippen molar-refractivity contribution < 1.29 is 9.90 Å². The van der Waals surface area contributed by atoms with Crippen LogP contribution in [-0.4, -0.2) is 16.8 Å². The maximum Gasteiger partial charge on any atom is 0.335 e. The summed E-state index contributed by atoms with van der Waals surface area (Å²) in [6, 6.07) is 5.46. The van der Waals surface area contributed by atoms with E-state index in [0.29, 0.717) is 5.56 Å². The Morgan fingerprint density at radius 3 is 3.00 bits per heavy atom. The van der Waals surface area contributed by atoms with Crippen molar-refractivity contribution in [3.63, 3.8) is 0 Å². The molecule has 1 aliphatic rings. The molecule has 0 spiro atoms. The number of aromatic carboxylic acids is 1. The van der Waals surface area contributed by atoms with Crippen molar-refractivity contribution >= 4 is 17.7 Å². The van der Waals surface area contributed by atoms with Crippen molar-refractivity contribution in [1.82, 2.24) is 0 Å². The van der Waals surface area contributed by atoms with Gasteiger partial charge in [0.05, 0.1) is 5.56 Å². The highest BCUT2D eigenvalue weighted by Crippen LogP contribution is 2.29. The number of carboxylic acid groups (broad SMARTS) is 1. The van der Waals surface area contributed by atoms with Crippen molar-refractivity contribution in [2.24, 2.45) is 0 Å². The van der Waals surface area contributed by atoms with Crippen molar-refractivity contribution in [1.29, 1.82) is 0 Å². The monoisotopic (exact) mass is 208 g/mol. The van der Waals surface area contributed by atoms with Crippen LogP contribution < -0.4 is 0 Å². The van der Waals surface area contributed by atoms with E-state index in [2.05, 4.69) is 0 Å². The van der Waals surface area contributed by atoms with Crippen molar-refractivity contribution in [3.05, 3.63) is 29.3 Å². The number of fused-ring (bicyclic) bond motifs is 1. The Kier molecular flexibility index (Phi) is 2.77. The van der Waals surface area contributed by atoms with E-state index in [1.165, 1.54) is 18.4 Å².